The molecule has 2 amide bonds. The lowest BCUT2D eigenvalue weighted by Gasteiger charge is -2.29. The lowest BCUT2D eigenvalue weighted by atomic mass is 10.1. The third-order valence-electron chi connectivity index (χ3n) is 4.27. The number of nitrogens with one attached hydrogen (secondary N) is 1. The molecule has 0 saturated heterocycles. The van der Waals surface area contributed by atoms with Gasteiger partial charge in [-0.3, -0.25) is 14.5 Å². The van der Waals surface area contributed by atoms with E-state index in [0.717, 1.165) is 21.3 Å². The van der Waals surface area contributed by atoms with Crippen LogP contribution in [0.1, 0.15) is 11.1 Å². The highest BCUT2D eigenvalue weighted by atomic mass is 32.1. The van der Waals surface area contributed by atoms with Crippen LogP contribution in [-0.2, 0) is 16.1 Å². The number of benzene rings is 2. The maximum Gasteiger partial charge on any atom is 0.265 e. The number of hydrogen-bond donors (Lipinski definition) is 1. The monoisotopic (exact) mass is 367 g/mol. The summed E-state index contributed by atoms with van der Waals surface area (Å²) in [4.78, 5) is 30.4. The van der Waals surface area contributed by atoms with Gasteiger partial charge in [-0.05, 0) is 36.2 Å². The van der Waals surface area contributed by atoms with Crippen molar-refractivity contribution in [3.8, 4) is 5.75 Å². The Bertz CT molecular complexity index is 999. The van der Waals surface area contributed by atoms with E-state index >= 15 is 0 Å². The molecule has 4 rings (SSSR count). The Balaban J connectivity index is 1.48. The smallest absolute Gasteiger partial charge is 0.265 e. The molecule has 7 heteroatoms. The molecule has 1 aliphatic heterocycles. The van der Waals surface area contributed by atoms with E-state index in [-0.39, 0.29) is 25.0 Å². The molecular formula is C19H17N3O3S. The lowest BCUT2D eigenvalue weighted by molar-refractivity contribution is -0.125. The summed E-state index contributed by atoms with van der Waals surface area (Å²) in [5, 5.41) is 2.90. The van der Waals surface area contributed by atoms with Crippen LogP contribution >= 0.6 is 11.3 Å². The van der Waals surface area contributed by atoms with Gasteiger partial charge in [0, 0.05) is 6.54 Å². The summed E-state index contributed by atoms with van der Waals surface area (Å²) >= 11 is 1.55. The number of hydrogen-bond acceptors (Lipinski definition) is 5. The maximum absolute atomic E-state index is 12.4. The van der Waals surface area contributed by atoms with Gasteiger partial charge in [-0.2, -0.15) is 0 Å². The van der Waals surface area contributed by atoms with Crippen LogP contribution in [0.3, 0.4) is 0 Å². The molecule has 0 spiro atoms. The van der Waals surface area contributed by atoms with Crippen molar-refractivity contribution in [2.24, 2.45) is 0 Å². The van der Waals surface area contributed by atoms with Crippen LogP contribution in [0.25, 0.3) is 10.2 Å². The van der Waals surface area contributed by atoms with Gasteiger partial charge in [-0.25, -0.2) is 4.98 Å². The van der Waals surface area contributed by atoms with Crippen LogP contribution in [0.4, 0.5) is 5.69 Å². The van der Waals surface area contributed by atoms with E-state index in [1.807, 2.05) is 43.3 Å². The topological polar surface area (TPSA) is 71.5 Å². The van der Waals surface area contributed by atoms with Gasteiger partial charge in [-0.1, -0.05) is 18.2 Å². The van der Waals surface area contributed by atoms with Gasteiger partial charge in [0.25, 0.3) is 5.91 Å². The summed E-state index contributed by atoms with van der Waals surface area (Å²) in [6, 6.07) is 11.4. The van der Waals surface area contributed by atoms with Crippen molar-refractivity contribution < 1.29 is 14.3 Å². The number of nitrogens with zero attached hydrogens (tertiary/aromatic N) is 2. The van der Waals surface area contributed by atoms with Gasteiger partial charge in [0.2, 0.25) is 5.91 Å². The molecule has 1 aromatic heterocycles. The predicted molar refractivity (Wildman–Crippen MR) is 100 cm³/mol. The number of anilines is 1. The molecule has 26 heavy (non-hydrogen) atoms. The SMILES string of the molecule is Cc1ccc2c(c1)N(CC(=O)NCc1cccc3ncsc13)C(=O)CO2. The molecule has 0 saturated carbocycles. The van der Waals surface area contributed by atoms with Gasteiger partial charge in [-0.15, -0.1) is 11.3 Å². The van der Waals surface area contributed by atoms with Gasteiger partial charge >= 0.3 is 0 Å². The first-order valence-electron chi connectivity index (χ1n) is 8.23. The fourth-order valence-electron chi connectivity index (χ4n) is 2.96. The molecule has 2 heterocycles. The summed E-state index contributed by atoms with van der Waals surface area (Å²) in [6.45, 7) is 2.26. The number of amides is 2. The Labute approximate surface area is 154 Å². The minimum atomic E-state index is -0.220. The van der Waals surface area contributed by atoms with Crippen LogP contribution < -0.4 is 15.0 Å². The van der Waals surface area contributed by atoms with Crippen molar-refractivity contribution in [1.29, 1.82) is 0 Å². The fraction of sp³-hybridized carbons (Fsp3) is 0.211. The van der Waals surface area contributed by atoms with Crippen molar-refractivity contribution in [3.63, 3.8) is 0 Å². The number of thiazole rings is 1. The molecule has 6 nitrogen and oxygen atoms in total. The van der Waals surface area contributed by atoms with Crippen LogP contribution in [0.5, 0.6) is 5.75 Å². The maximum atomic E-state index is 12.4. The number of fused-ring (bicyclic) bond motifs is 2. The van der Waals surface area contributed by atoms with E-state index < -0.39 is 0 Å². The third-order valence-corrected chi connectivity index (χ3v) is 5.19. The van der Waals surface area contributed by atoms with Crippen LogP contribution in [0.15, 0.2) is 41.9 Å². The normalized spacial score (nSPS) is 13.4. The zero-order chi connectivity index (χ0) is 18.1. The zero-order valence-electron chi connectivity index (χ0n) is 14.2. The average Bonchev–Trinajstić information content (AvgIpc) is 3.12. The van der Waals surface area contributed by atoms with E-state index in [4.69, 9.17) is 4.74 Å². The van der Waals surface area contributed by atoms with Gasteiger partial charge in [0.1, 0.15) is 12.3 Å². The number of ether oxygens (including phenoxy) is 1. The van der Waals surface area contributed by atoms with Crippen molar-refractivity contribution in [3.05, 3.63) is 53.0 Å². The predicted octanol–water partition coefficient (Wildman–Crippen LogP) is 2.65. The lowest BCUT2D eigenvalue weighted by Crippen LogP contribution is -2.45. The number of carbonyl (C=O) groups is 2. The second-order valence-electron chi connectivity index (χ2n) is 6.13. The molecule has 0 unspecified atom stereocenters. The largest absolute Gasteiger partial charge is 0.482 e. The molecular weight excluding hydrogens is 350 g/mol. The Morgan fingerprint density at radius 3 is 3.12 bits per heavy atom. The quantitative estimate of drug-likeness (QED) is 0.770. The van der Waals surface area contributed by atoms with E-state index in [2.05, 4.69) is 10.3 Å². The highest BCUT2D eigenvalue weighted by Gasteiger charge is 2.27. The Kier molecular flexibility index (Phi) is 4.30. The van der Waals surface area contributed by atoms with E-state index in [1.165, 1.54) is 4.90 Å². The van der Waals surface area contributed by atoms with E-state index in [9.17, 15) is 9.59 Å². The first-order chi connectivity index (χ1) is 12.6. The van der Waals surface area contributed by atoms with E-state index in [1.54, 1.807) is 16.8 Å². The Morgan fingerprint density at radius 1 is 1.35 bits per heavy atom. The molecule has 0 bridgehead atoms. The summed E-state index contributed by atoms with van der Waals surface area (Å²) in [5.74, 6) is 0.189. The molecule has 2 aromatic carbocycles. The first-order valence-corrected chi connectivity index (χ1v) is 9.11. The van der Waals surface area contributed by atoms with E-state index in [0.29, 0.717) is 18.0 Å². The minimum Gasteiger partial charge on any atom is -0.482 e. The molecule has 0 atom stereocenters. The van der Waals surface area contributed by atoms with Gasteiger partial charge < -0.3 is 10.1 Å². The van der Waals surface area contributed by atoms with Crippen molar-refractivity contribution in [2.45, 2.75) is 13.5 Å². The third kappa shape index (κ3) is 3.13. The molecule has 0 radical (unpaired) electrons. The minimum absolute atomic E-state index is 0.0304. The van der Waals surface area contributed by atoms with Gasteiger partial charge in [0.15, 0.2) is 6.61 Å². The number of carbonyl (C=O) groups excluding carboxylic acids is 2. The Hall–Kier alpha value is -2.93. The average molecular weight is 367 g/mol. The fourth-order valence-corrected chi connectivity index (χ4v) is 3.77. The molecule has 3 aromatic rings. The zero-order valence-corrected chi connectivity index (χ0v) is 15.0. The molecule has 1 aliphatic rings. The molecule has 132 valence electrons. The second-order valence-corrected chi connectivity index (χ2v) is 6.99. The number of rotatable bonds is 4. The van der Waals surface area contributed by atoms with Crippen LogP contribution in [0, 0.1) is 6.92 Å². The standard InChI is InChI=1S/C19H17N3O3S/c1-12-5-6-16-15(7-12)22(18(24)10-25-16)9-17(23)20-8-13-3-2-4-14-19(13)26-11-21-14/h2-7,11H,8-10H2,1H3,(H,20,23). The number of aromatic nitrogens is 1. The van der Waals surface area contributed by atoms with Gasteiger partial charge in [0.05, 0.1) is 21.4 Å². The van der Waals surface area contributed by atoms with Crippen molar-refractivity contribution >= 4 is 39.1 Å². The highest BCUT2D eigenvalue weighted by molar-refractivity contribution is 7.16. The summed E-state index contributed by atoms with van der Waals surface area (Å²) in [6.07, 6.45) is 0. The van der Waals surface area contributed by atoms with Crippen molar-refractivity contribution in [1.82, 2.24) is 10.3 Å². The first kappa shape index (κ1) is 16.5. The molecule has 0 aliphatic carbocycles. The van der Waals surface area contributed by atoms with Crippen molar-refractivity contribution in [2.75, 3.05) is 18.1 Å². The highest BCUT2D eigenvalue weighted by Crippen LogP contribution is 2.32. The van der Waals surface area contributed by atoms with Crippen LogP contribution in [0.2, 0.25) is 0 Å². The molecule has 0 fully saturated rings. The van der Waals surface area contributed by atoms with Crippen LogP contribution in [-0.4, -0.2) is 29.9 Å². The molecule has 1 N–H and O–H groups in total. The summed E-state index contributed by atoms with van der Waals surface area (Å²) in [7, 11) is 0. The summed E-state index contributed by atoms with van der Waals surface area (Å²) < 4.78 is 6.51. The number of aryl methyl sites for hydroxylation is 1. The second kappa shape index (κ2) is 6.76. The Morgan fingerprint density at radius 2 is 2.23 bits per heavy atom. The summed E-state index contributed by atoms with van der Waals surface area (Å²) in [5.41, 5.74) is 5.38.